The van der Waals surface area contributed by atoms with Crippen LogP contribution in [0.2, 0.25) is 0 Å². The number of nitrogens with zero attached hydrogens (tertiary/aromatic N) is 1. The Morgan fingerprint density at radius 3 is 2.57 bits per heavy atom. The number of aliphatic hydroxyl groups excluding tert-OH is 3. The Kier molecular flexibility index (Phi) is 4.46. The molecule has 2 heterocycles. The highest BCUT2D eigenvalue weighted by Crippen LogP contribution is 2.47. The van der Waals surface area contributed by atoms with Gasteiger partial charge in [-0.2, -0.15) is 0 Å². The van der Waals surface area contributed by atoms with E-state index in [0.717, 1.165) is 10.7 Å². The number of amidine groups is 1. The quantitative estimate of drug-likeness (QED) is 0.636. The predicted octanol–water partition coefficient (Wildman–Crippen LogP) is 0.574. The molecule has 0 radical (unpaired) electrons. The Morgan fingerprint density at radius 2 is 1.90 bits per heavy atom. The minimum absolute atomic E-state index is 0.00853. The van der Waals surface area contributed by atoms with E-state index in [0.29, 0.717) is 0 Å². The topological polar surface area (TPSA) is 85.1 Å². The van der Waals surface area contributed by atoms with Gasteiger partial charge in [-0.1, -0.05) is 42.1 Å². The van der Waals surface area contributed by atoms with Gasteiger partial charge in [0.1, 0.15) is 12.1 Å². The molecule has 0 amide bonds. The van der Waals surface area contributed by atoms with Gasteiger partial charge in [0.25, 0.3) is 0 Å². The van der Waals surface area contributed by atoms with E-state index >= 15 is 0 Å². The van der Waals surface area contributed by atoms with Gasteiger partial charge < -0.3 is 20.6 Å². The van der Waals surface area contributed by atoms with Crippen molar-refractivity contribution in [3.8, 4) is 0 Å². The first-order valence-corrected chi connectivity index (χ1v) is 8.61. The van der Waals surface area contributed by atoms with Crippen LogP contribution < -0.4 is 5.32 Å². The molecule has 4 N–H and O–H groups in total. The monoisotopic (exact) mass is 326 g/mol. The number of hydrogen-bond donors (Lipinski definition) is 4. The maximum absolute atomic E-state index is 10.5. The first kappa shape index (κ1) is 15.2. The molecule has 0 bridgehead atoms. The zero-order valence-corrected chi connectivity index (χ0v) is 13.1. The number of rotatable bonds is 2. The third-order valence-electron chi connectivity index (χ3n) is 3.77. The third kappa shape index (κ3) is 2.80. The van der Waals surface area contributed by atoms with Crippen LogP contribution in [0.15, 0.2) is 35.3 Å². The van der Waals surface area contributed by atoms with Crippen molar-refractivity contribution < 1.29 is 15.3 Å². The molecule has 2 aliphatic rings. The summed E-state index contributed by atoms with van der Waals surface area (Å²) in [6.07, 6.45) is -2.79. The van der Waals surface area contributed by atoms with Crippen LogP contribution >= 0.6 is 23.5 Å². The van der Waals surface area contributed by atoms with E-state index in [4.69, 9.17) is 0 Å². The van der Waals surface area contributed by atoms with Gasteiger partial charge in [0.05, 0.1) is 22.0 Å². The second-order valence-corrected chi connectivity index (χ2v) is 7.85. The largest absolute Gasteiger partial charge is 0.389 e. The normalized spacial score (nSPS) is 36.8. The fourth-order valence-electron chi connectivity index (χ4n) is 2.61. The summed E-state index contributed by atoms with van der Waals surface area (Å²) < 4.78 is 0.00853. The second kappa shape index (κ2) is 6.18. The number of aliphatic imine (C=N–C) groups is 1. The van der Waals surface area contributed by atoms with E-state index < -0.39 is 23.6 Å². The van der Waals surface area contributed by atoms with Crippen molar-refractivity contribution in [3.05, 3.63) is 35.9 Å². The van der Waals surface area contributed by atoms with Gasteiger partial charge in [0.2, 0.25) is 0 Å². The fraction of sp³-hybridized carbons (Fsp3) is 0.500. The molecule has 1 saturated heterocycles. The van der Waals surface area contributed by atoms with Gasteiger partial charge in [-0.05, 0) is 5.56 Å². The van der Waals surface area contributed by atoms with Crippen LogP contribution in [0.3, 0.4) is 0 Å². The number of benzene rings is 1. The average molecular weight is 326 g/mol. The molecule has 1 fully saturated rings. The zero-order valence-electron chi connectivity index (χ0n) is 11.5. The van der Waals surface area contributed by atoms with E-state index in [1.165, 1.54) is 23.5 Å². The molecule has 7 heteroatoms. The third-order valence-corrected chi connectivity index (χ3v) is 6.83. The Hall–Kier alpha value is -0.730. The van der Waals surface area contributed by atoms with Crippen molar-refractivity contribution in [1.82, 2.24) is 5.32 Å². The van der Waals surface area contributed by atoms with Crippen LogP contribution in [0.4, 0.5) is 0 Å². The predicted molar refractivity (Wildman–Crippen MR) is 86.5 cm³/mol. The summed E-state index contributed by atoms with van der Waals surface area (Å²) in [5.41, 5.74) is 0.748. The smallest absolute Gasteiger partial charge is 0.157 e. The molecule has 4 unspecified atom stereocenters. The highest BCUT2D eigenvalue weighted by atomic mass is 32.2. The average Bonchev–Trinajstić information content (AvgIpc) is 2.94. The van der Waals surface area contributed by atoms with E-state index in [2.05, 4.69) is 10.3 Å². The van der Waals surface area contributed by atoms with Crippen LogP contribution in [0.5, 0.6) is 0 Å². The molecule has 5 nitrogen and oxygen atoms in total. The van der Waals surface area contributed by atoms with Gasteiger partial charge >= 0.3 is 0 Å². The molecule has 21 heavy (non-hydrogen) atoms. The molecule has 114 valence electrons. The standard InChI is InChI=1S/C14H18N2O3S2/c1-15-14-16-8-10(18)11(19)12(20-13(8)21-14)9(17)7-5-3-2-4-6-7/h2-6,8-13,17-19H,1H3,(H,15,16)/t8?,9-,10?,11?,12?,13+/m0/s1. The Balaban J connectivity index is 1.80. The Morgan fingerprint density at radius 1 is 1.19 bits per heavy atom. The number of fused-ring (bicyclic) bond motifs is 1. The minimum Gasteiger partial charge on any atom is -0.389 e. The van der Waals surface area contributed by atoms with Crippen LogP contribution in [0.25, 0.3) is 0 Å². The first-order chi connectivity index (χ1) is 10.1. The molecule has 0 saturated carbocycles. The molecular weight excluding hydrogens is 308 g/mol. The van der Waals surface area contributed by atoms with Crippen LogP contribution in [0.1, 0.15) is 11.7 Å². The maximum atomic E-state index is 10.5. The van der Waals surface area contributed by atoms with Crippen molar-refractivity contribution in [1.29, 1.82) is 0 Å². The van der Waals surface area contributed by atoms with Crippen molar-refractivity contribution in [3.63, 3.8) is 0 Å². The second-order valence-electron chi connectivity index (χ2n) is 5.10. The van der Waals surface area contributed by atoms with E-state index in [1.807, 2.05) is 30.3 Å². The lowest BCUT2D eigenvalue weighted by Crippen LogP contribution is -2.52. The lowest BCUT2D eigenvalue weighted by molar-refractivity contribution is -0.0207. The first-order valence-electron chi connectivity index (χ1n) is 6.78. The molecule has 2 aliphatic heterocycles. The lowest BCUT2D eigenvalue weighted by Gasteiger charge is -2.39. The molecular formula is C14H18N2O3S2. The lowest BCUT2D eigenvalue weighted by atomic mass is 9.96. The van der Waals surface area contributed by atoms with Crippen molar-refractivity contribution >= 4 is 28.7 Å². The Labute approximate surface area is 131 Å². The van der Waals surface area contributed by atoms with Gasteiger partial charge in [-0.25, -0.2) is 0 Å². The number of hydrogen-bond acceptors (Lipinski definition) is 7. The molecule has 0 aromatic heterocycles. The van der Waals surface area contributed by atoms with Crippen molar-refractivity contribution in [2.75, 3.05) is 7.05 Å². The van der Waals surface area contributed by atoms with Gasteiger partial charge in [0.15, 0.2) is 5.17 Å². The van der Waals surface area contributed by atoms with Crippen LogP contribution in [-0.4, -0.2) is 55.6 Å². The molecule has 1 aromatic rings. The summed E-state index contributed by atoms with van der Waals surface area (Å²) in [4.78, 5) is 4.38. The Bertz CT molecular complexity index is 528. The SMILES string of the molecule is CNC1=NC2C(O)C(O)C([C@@H](O)c3ccccc3)S[C@@H]2S1. The van der Waals surface area contributed by atoms with Gasteiger partial charge in [-0.3, -0.25) is 4.99 Å². The summed E-state index contributed by atoms with van der Waals surface area (Å²) in [7, 11) is 1.78. The molecule has 0 spiro atoms. The summed E-state index contributed by atoms with van der Waals surface area (Å²) in [5, 5.41) is 34.4. The maximum Gasteiger partial charge on any atom is 0.157 e. The number of aliphatic hydroxyl groups is 3. The molecule has 6 atom stereocenters. The summed E-state index contributed by atoms with van der Waals surface area (Å²) in [6.45, 7) is 0. The number of nitrogens with one attached hydrogen (secondary N) is 1. The van der Waals surface area contributed by atoms with Crippen LogP contribution in [0, 0.1) is 0 Å². The van der Waals surface area contributed by atoms with E-state index in [1.54, 1.807) is 7.05 Å². The summed E-state index contributed by atoms with van der Waals surface area (Å²) in [5.74, 6) is 0. The summed E-state index contributed by atoms with van der Waals surface area (Å²) in [6, 6.07) is 8.90. The van der Waals surface area contributed by atoms with Crippen LogP contribution in [-0.2, 0) is 0 Å². The van der Waals surface area contributed by atoms with E-state index in [-0.39, 0.29) is 10.6 Å². The van der Waals surface area contributed by atoms with Gasteiger partial charge in [0, 0.05) is 7.05 Å². The van der Waals surface area contributed by atoms with Gasteiger partial charge in [-0.15, -0.1) is 11.8 Å². The molecule has 0 aliphatic carbocycles. The number of thioether (sulfide) groups is 2. The molecule has 3 rings (SSSR count). The highest BCUT2D eigenvalue weighted by molar-refractivity contribution is 8.25. The van der Waals surface area contributed by atoms with E-state index in [9.17, 15) is 15.3 Å². The minimum atomic E-state index is -1.01. The molecule has 1 aromatic carbocycles. The summed E-state index contributed by atoms with van der Waals surface area (Å²) >= 11 is 3.02. The highest BCUT2D eigenvalue weighted by Gasteiger charge is 2.49. The fourth-order valence-corrected chi connectivity index (χ4v) is 5.69. The van der Waals surface area contributed by atoms with Crippen molar-refractivity contribution in [2.24, 2.45) is 4.99 Å². The zero-order chi connectivity index (χ0) is 15.0. The van der Waals surface area contributed by atoms with Crippen molar-refractivity contribution in [2.45, 2.75) is 34.2 Å².